The van der Waals surface area contributed by atoms with Crippen molar-refractivity contribution in [1.29, 1.82) is 0 Å². The van der Waals surface area contributed by atoms with Crippen LogP contribution >= 0.6 is 0 Å². The van der Waals surface area contributed by atoms with E-state index in [9.17, 15) is 8.42 Å². The lowest BCUT2D eigenvalue weighted by atomic mass is 10.1. The highest BCUT2D eigenvalue weighted by molar-refractivity contribution is 7.89. The number of nitrogens with zero attached hydrogens (tertiary/aromatic N) is 4. The number of hydrogen-bond acceptors (Lipinski definition) is 6. The van der Waals surface area contributed by atoms with Gasteiger partial charge in [-0.2, -0.15) is 4.31 Å². The number of aryl methyl sites for hydroxylation is 2. The molecule has 1 aromatic carbocycles. The third-order valence-corrected chi connectivity index (χ3v) is 6.81. The standard InChI is InChI=1S/C21H23N5O2S/c1-15-14-16(2)23-21(22-15)25-20-12-6-10-18(24-20)19-11-7-13-26(19)29(27,28)17-8-4-3-5-9-17/h3-6,8-10,12,14,19H,7,11,13H2,1-2H3,(H,22,23,24,25)/t19-/m1/s1. The molecule has 1 saturated heterocycles. The van der Waals surface area contributed by atoms with Gasteiger partial charge in [-0.05, 0) is 57.0 Å². The Bertz CT molecular complexity index is 1100. The Morgan fingerprint density at radius 3 is 2.41 bits per heavy atom. The van der Waals surface area contributed by atoms with E-state index in [-0.39, 0.29) is 6.04 Å². The summed E-state index contributed by atoms with van der Waals surface area (Å²) in [6.45, 7) is 4.31. The molecule has 1 aliphatic rings. The Balaban J connectivity index is 1.62. The van der Waals surface area contributed by atoms with Crippen LogP contribution < -0.4 is 5.32 Å². The zero-order valence-corrected chi connectivity index (χ0v) is 17.2. The molecule has 1 aliphatic heterocycles. The zero-order chi connectivity index (χ0) is 20.4. The average Bonchev–Trinajstić information content (AvgIpc) is 3.19. The van der Waals surface area contributed by atoms with Crippen molar-refractivity contribution in [2.45, 2.75) is 37.6 Å². The molecule has 4 rings (SSSR count). The smallest absolute Gasteiger partial charge is 0.243 e. The minimum absolute atomic E-state index is 0.290. The summed E-state index contributed by atoms with van der Waals surface area (Å²) in [5.41, 5.74) is 2.45. The number of rotatable bonds is 5. The molecule has 8 heteroatoms. The van der Waals surface area contributed by atoms with E-state index < -0.39 is 10.0 Å². The molecule has 0 radical (unpaired) electrons. The lowest BCUT2D eigenvalue weighted by Gasteiger charge is -2.24. The number of hydrogen-bond donors (Lipinski definition) is 1. The van der Waals surface area contributed by atoms with Crippen LogP contribution in [0.25, 0.3) is 0 Å². The van der Waals surface area contributed by atoms with Crippen molar-refractivity contribution in [3.05, 3.63) is 71.7 Å². The fraction of sp³-hybridized carbons (Fsp3) is 0.286. The second kappa shape index (κ2) is 7.88. The van der Waals surface area contributed by atoms with Gasteiger partial charge in [-0.3, -0.25) is 0 Å². The van der Waals surface area contributed by atoms with Crippen LogP contribution in [0.3, 0.4) is 0 Å². The minimum Gasteiger partial charge on any atom is -0.309 e. The van der Waals surface area contributed by atoms with Crippen molar-refractivity contribution in [3.8, 4) is 0 Å². The molecular formula is C21H23N5O2S. The summed E-state index contributed by atoms with van der Waals surface area (Å²) >= 11 is 0. The van der Waals surface area contributed by atoms with Crippen LogP contribution in [0.15, 0.2) is 59.5 Å². The normalized spacial score (nSPS) is 17.4. The van der Waals surface area contributed by atoms with E-state index in [2.05, 4.69) is 20.3 Å². The van der Waals surface area contributed by atoms with Crippen LogP contribution in [-0.4, -0.2) is 34.2 Å². The Kier molecular flexibility index (Phi) is 5.29. The van der Waals surface area contributed by atoms with E-state index in [1.165, 1.54) is 0 Å². The number of sulfonamides is 1. The van der Waals surface area contributed by atoms with Gasteiger partial charge in [-0.15, -0.1) is 0 Å². The molecule has 0 aliphatic carbocycles. The van der Waals surface area contributed by atoms with Gasteiger partial charge in [0.1, 0.15) is 5.82 Å². The van der Waals surface area contributed by atoms with Gasteiger partial charge in [0.05, 0.1) is 16.6 Å². The maximum absolute atomic E-state index is 13.1. The summed E-state index contributed by atoms with van der Waals surface area (Å²) in [5.74, 6) is 1.07. The Morgan fingerprint density at radius 1 is 0.966 bits per heavy atom. The van der Waals surface area contributed by atoms with E-state index in [0.29, 0.717) is 23.2 Å². The lowest BCUT2D eigenvalue weighted by molar-refractivity contribution is 0.391. The highest BCUT2D eigenvalue weighted by Crippen LogP contribution is 2.36. The molecule has 3 aromatic rings. The van der Waals surface area contributed by atoms with E-state index in [4.69, 9.17) is 0 Å². The summed E-state index contributed by atoms with van der Waals surface area (Å²) < 4.78 is 27.8. The predicted octanol–water partition coefficient (Wildman–Crippen LogP) is 3.76. The number of nitrogens with one attached hydrogen (secondary N) is 1. The molecule has 1 atom stereocenters. The Morgan fingerprint density at radius 2 is 1.69 bits per heavy atom. The minimum atomic E-state index is -3.57. The topological polar surface area (TPSA) is 88.1 Å². The van der Waals surface area contributed by atoms with E-state index in [0.717, 1.165) is 29.9 Å². The summed E-state index contributed by atoms with van der Waals surface area (Å²) in [5, 5.41) is 3.13. The van der Waals surface area contributed by atoms with Gasteiger partial charge in [0, 0.05) is 17.9 Å². The average molecular weight is 410 g/mol. The first kappa shape index (κ1) is 19.5. The maximum atomic E-state index is 13.1. The monoisotopic (exact) mass is 409 g/mol. The molecule has 2 aromatic heterocycles. The SMILES string of the molecule is Cc1cc(C)nc(Nc2cccc([C@H]3CCCN3S(=O)(=O)c3ccccc3)n2)n1. The van der Waals surface area contributed by atoms with Gasteiger partial charge < -0.3 is 5.32 Å². The second-order valence-electron chi connectivity index (χ2n) is 7.13. The van der Waals surface area contributed by atoms with E-state index in [1.54, 1.807) is 28.6 Å². The molecule has 0 saturated carbocycles. The van der Waals surface area contributed by atoms with Crippen molar-refractivity contribution in [2.75, 3.05) is 11.9 Å². The molecule has 29 heavy (non-hydrogen) atoms. The fourth-order valence-corrected chi connectivity index (χ4v) is 5.34. The summed E-state index contributed by atoms with van der Waals surface area (Å²) in [6.07, 6.45) is 1.54. The molecule has 1 fully saturated rings. The van der Waals surface area contributed by atoms with Crippen LogP contribution in [0.2, 0.25) is 0 Å². The summed E-state index contributed by atoms with van der Waals surface area (Å²) in [7, 11) is -3.57. The molecule has 0 spiro atoms. The Hall–Kier alpha value is -2.84. The molecule has 0 bridgehead atoms. The molecule has 7 nitrogen and oxygen atoms in total. The number of pyridine rings is 1. The quantitative estimate of drug-likeness (QED) is 0.690. The van der Waals surface area contributed by atoms with E-state index >= 15 is 0 Å². The molecule has 1 N–H and O–H groups in total. The molecule has 3 heterocycles. The number of aromatic nitrogens is 3. The van der Waals surface area contributed by atoms with E-state index in [1.807, 2.05) is 44.2 Å². The molecule has 150 valence electrons. The van der Waals surface area contributed by atoms with Crippen LogP contribution in [0.4, 0.5) is 11.8 Å². The van der Waals surface area contributed by atoms with Gasteiger partial charge in [0.2, 0.25) is 16.0 Å². The van der Waals surface area contributed by atoms with Crippen LogP contribution in [0.1, 0.15) is 36.0 Å². The van der Waals surface area contributed by atoms with Crippen LogP contribution in [-0.2, 0) is 10.0 Å². The molecular weight excluding hydrogens is 386 g/mol. The first-order chi connectivity index (χ1) is 13.9. The number of anilines is 2. The highest BCUT2D eigenvalue weighted by atomic mass is 32.2. The van der Waals surface area contributed by atoms with Gasteiger partial charge in [-0.25, -0.2) is 23.4 Å². The zero-order valence-electron chi connectivity index (χ0n) is 16.4. The lowest BCUT2D eigenvalue weighted by Crippen LogP contribution is -2.31. The van der Waals surface area contributed by atoms with Gasteiger partial charge in [0.15, 0.2) is 0 Å². The number of benzene rings is 1. The van der Waals surface area contributed by atoms with Gasteiger partial charge in [0.25, 0.3) is 0 Å². The van der Waals surface area contributed by atoms with Crippen molar-refractivity contribution < 1.29 is 8.42 Å². The van der Waals surface area contributed by atoms with Crippen LogP contribution in [0.5, 0.6) is 0 Å². The molecule has 0 amide bonds. The summed E-state index contributed by atoms with van der Waals surface area (Å²) in [6, 6.07) is 15.7. The largest absolute Gasteiger partial charge is 0.309 e. The fourth-order valence-electron chi connectivity index (χ4n) is 3.65. The Labute approximate surface area is 170 Å². The molecule has 0 unspecified atom stereocenters. The third-order valence-electron chi connectivity index (χ3n) is 4.89. The van der Waals surface area contributed by atoms with Crippen molar-refractivity contribution in [3.63, 3.8) is 0 Å². The first-order valence-corrected chi connectivity index (χ1v) is 11.0. The predicted molar refractivity (Wildman–Crippen MR) is 111 cm³/mol. The first-order valence-electron chi connectivity index (χ1n) is 9.57. The van der Waals surface area contributed by atoms with Gasteiger partial charge >= 0.3 is 0 Å². The van der Waals surface area contributed by atoms with Gasteiger partial charge in [-0.1, -0.05) is 24.3 Å². The second-order valence-corrected chi connectivity index (χ2v) is 9.02. The van der Waals surface area contributed by atoms with Crippen molar-refractivity contribution in [2.24, 2.45) is 0 Å². The van der Waals surface area contributed by atoms with Crippen LogP contribution in [0, 0.1) is 13.8 Å². The third kappa shape index (κ3) is 4.13. The highest BCUT2D eigenvalue weighted by Gasteiger charge is 2.36. The summed E-state index contributed by atoms with van der Waals surface area (Å²) in [4.78, 5) is 13.7. The van der Waals surface area contributed by atoms with Crippen molar-refractivity contribution >= 4 is 21.8 Å². The van der Waals surface area contributed by atoms with Crippen molar-refractivity contribution in [1.82, 2.24) is 19.3 Å². The maximum Gasteiger partial charge on any atom is 0.243 e.